The molecule has 0 saturated carbocycles. The van der Waals surface area contributed by atoms with Crippen LogP contribution in [0.4, 0.5) is 5.82 Å². The van der Waals surface area contributed by atoms with Crippen molar-refractivity contribution in [2.45, 2.75) is 33.6 Å². The maximum absolute atomic E-state index is 5.86. The second-order valence-electron chi connectivity index (χ2n) is 4.94. The number of aromatic nitrogens is 3. The van der Waals surface area contributed by atoms with Crippen LogP contribution in [0.2, 0.25) is 5.02 Å². The molecule has 2 aromatic rings. The summed E-state index contributed by atoms with van der Waals surface area (Å²) in [6.07, 6.45) is 1.61. The van der Waals surface area contributed by atoms with Crippen molar-refractivity contribution in [1.29, 1.82) is 0 Å². The number of anilines is 1. The molecular weight excluding hydrogens is 272 g/mol. The third-order valence-electron chi connectivity index (χ3n) is 3.01. The van der Waals surface area contributed by atoms with Gasteiger partial charge in [-0.2, -0.15) is 0 Å². The number of aryl methyl sites for hydroxylation is 1. The predicted molar refractivity (Wildman–Crippen MR) is 83.3 cm³/mol. The Balaban J connectivity index is 2.53. The first-order valence-electron chi connectivity index (χ1n) is 6.77. The van der Waals surface area contributed by atoms with Crippen molar-refractivity contribution < 1.29 is 0 Å². The maximum atomic E-state index is 5.86. The van der Waals surface area contributed by atoms with Crippen LogP contribution in [-0.4, -0.2) is 21.5 Å². The highest BCUT2D eigenvalue weighted by Crippen LogP contribution is 2.27. The van der Waals surface area contributed by atoms with Gasteiger partial charge >= 0.3 is 0 Å². The van der Waals surface area contributed by atoms with Gasteiger partial charge in [0.25, 0.3) is 0 Å². The first kappa shape index (κ1) is 14.7. The number of nitrogens with one attached hydrogen (secondary N) is 1. The zero-order valence-corrected chi connectivity index (χ0v) is 13.0. The van der Waals surface area contributed by atoms with Crippen LogP contribution in [0.15, 0.2) is 18.3 Å². The van der Waals surface area contributed by atoms with Gasteiger partial charge in [-0.1, -0.05) is 25.4 Å². The lowest BCUT2D eigenvalue weighted by atomic mass is 10.0. The monoisotopic (exact) mass is 290 g/mol. The molecule has 0 bridgehead atoms. The molecule has 0 aromatic carbocycles. The molecule has 0 spiro atoms. The fraction of sp³-hybridized carbons (Fsp3) is 0.400. The van der Waals surface area contributed by atoms with Gasteiger partial charge < -0.3 is 5.32 Å². The van der Waals surface area contributed by atoms with Crippen molar-refractivity contribution in [2.75, 3.05) is 11.9 Å². The van der Waals surface area contributed by atoms with Gasteiger partial charge in [-0.15, -0.1) is 0 Å². The Bertz CT molecular complexity index is 594. The summed E-state index contributed by atoms with van der Waals surface area (Å²) in [6, 6.07) is 3.63. The average Bonchev–Trinajstić information content (AvgIpc) is 2.38. The summed E-state index contributed by atoms with van der Waals surface area (Å²) in [5, 5.41) is 3.92. The molecule has 4 nitrogen and oxygen atoms in total. The summed E-state index contributed by atoms with van der Waals surface area (Å²) in [7, 11) is 0. The molecule has 0 fully saturated rings. The van der Waals surface area contributed by atoms with E-state index in [2.05, 4.69) is 41.0 Å². The normalized spacial score (nSPS) is 10.9. The molecule has 2 heterocycles. The Morgan fingerprint density at radius 3 is 2.55 bits per heavy atom. The smallest absolute Gasteiger partial charge is 0.180 e. The van der Waals surface area contributed by atoms with E-state index in [1.165, 1.54) is 0 Å². The summed E-state index contributed by atoms with van der Waals surface area (Å²) in [6.45, 7) is 9.18. The molecule has 2 rings (SSSR count). The van der Waals surface area contributed by atoms with Crippen LogP contribution in [0.25, 0.3) is 11.5 Å². The topological polar surface area (TPSA) is 50.7 Å². The number of pyridine rings is 1. The van der Waals surface area contributed by atoms with Crippen molar-refractivity contribution in [3.63, 3.8) is 0 Å². The van der Waals surface area contributed by atoms with Gasteiger partial charge in [-0.3, -0.25) is 4.98 Å². The lowest BCUT2D eigenvalue weighted by Crippen LogP contribution is -2.09. The molecule has 0 aliphatic heterocycles. The largest absolute Gasteiger partial charge is 0.370 e. The van der Waals surface area contributed by atoms with Gasteiger partial charge in [0, 0.05) is 24.0 Å². The molecule has 0 saturated heterocycles. The molecule has 20 heavy (non-hydrogen) atoms. The van der Waals surface area contributed by atoms with E-state index in [1.54, 1.807) is 12.3 Å². The summed E-state index contributed by atoms with van der Waals surface area (Å²) in [5.74, 6) is 1.89. The summed E-state index contributed by atoms with van der Waals surface area (Å²) >= 11 is 5.86. The Labute approximate surface area is 124 Å². The minimum absolute atomic E-state index is 0.372. The van der Waals surface area contributed by atoms with E-state index < -0.39 is 0 Å². The quantitative estimate of drug-likeness (QED) is 0.923. The number of nitrogens with zero attached hydrogens (tertiary/aromatic N) is 3. The Kier molecular flexibility index (Phi) is 4.55. The molecule has 5 heteroatoms. The lowest BCUT2D eigenvalue weighted by molar-refractivity contribution is 0.830. The molecule has 1 N–H and O–H groups in total. The van der Waals surface area contributed by atoms with Crippen LogP contribution < -0.4 is 5.32 Å². The highest BCUT2D eigenvalue weighted by Gasteiger charge is 2.15. The third-order valence-corrected chi connectivity index (χ3v) is 3.24. The van der Waals surface area contributed by atoms with Crippen LogP contribution in [0.1, 0.15) is 37.9 Å². The van der Waals surface area contributed by atoms with Crippen LogP contribution in [0.3, 0.4) is 0 Å². The molecular formula is C15H19ClN4. The minimum Gasteiger partial charge on any atom is -0.370 e. The highest BCUT2D eigenvalue weighted by atomic mass is 35.5. The molecule has 0 atom stereocenters. The van der Waals surface area contributed by atoms with Gasteiger partial charge in [0.1, 0.15) is 11.5 Å². The van der Waals surface area contributed by atoms with E-state index in [1.807, 2.05) is 13.0 Å². The molecule has 0 aliphatic rings. The summed E-state index contributed by atoms with van der Waals surface area (Å²) < 4.78 is 0. The van der Waals surface area contributed by atoms with Gasteiger partial charge in [-0.25, -0.2) is 9.97 Å². The Morgan fingerprint density at radius 2 is 2.00 bits per heavy atom. The second-order valence-corrected chi connectivity index (χ2v) is 5.38. The van der Waals surface area contributed by atoms with Gasteiger partial charge in [0.15, 0.2) is 5.82 Å². The Hall–Kier alpha value is -1.68. The molecule has 0 aliphatic carbocycles. The SMILES string of the molecule is CCNc1nc(-c2ccc(Cl)cn2)nc(C)c1C(C)C. The van der Waals surface area contributed by atoms with E-state index >= 15 is 0 Å². The average molecular weight is 291 g/mol. The van der Waals surface area contributed by atoms with Crippen molar-refractivity contribution in [3.8, 4) is 11.5 Å². The van der Waals surface area contributed by atoms with Gasteiger partial charge in [0.05, 0.1) is 5.02 Å². The molecule has 0 amide bonds. The van der Waals surface area contributed by atoms with Crippen molar-refractivity contribution in [2.24, 2.45) is 0 Å². The van der Waals surface area contributed by atoms with Crippen molar-refractivity contribution >= 4 is 17.4 Å². The fourth-order valence-corrected chi connectivity index (χ4v) is 2.31. The minimum atomic E-state index is 0.372. The van der Waals surface area contributed by atoms with Crippen LogP contribution in [0.5, 0.6) is 0 Å². The standard InChI is InChI=1S/C15H19ClN4/c1-5-17-15-13(9(2)3)10(4)19-14(20-15)12-7-6-11(16)8-18-12/h6-9H,5H2,1-4H3,(H,17,19,20). The van der Waals surface area contributed by atoms with Crippen molar-refractivity contribution in [3.05, 3.63) is 34.6 Å². The highest BCUT2D eigenvalue weighted by molar-refractivity contribution is 6.30. The van der Waals surface area contributed by atoms with E-state index in [-0.39, 0.29) is 0 Å². The van der Waals surface area contributed by atoms with Crippen LogP contribution in [-0.2, 0) is 0 Å². The predicted octanol–water partition coefficient (Wildman–Crippen LogP) is 4.06. The Morgan fingerprint density at radius 1 is 1.25 bits per heavy atom. The van der Waals surface area contributed by atoms with Crippen LogP contribution in [0, 0.1) is 6.92 Å². The fourth-order valence-electron chi connectivity index (χ4n) is 2.20. The van der Waals surface area contributed by atoms with E-state index in [4.69, 9.17) is 11.6 Å². The first-order chi connectivity index (χ1) is 9.52. The van der Waals surface area contributed by atoms with Gasteiger partial charge in [0.2, 0.25) is 0 Å². The summed E-state index contributed by atoms with van der Waals surface area (Å²) in [4.78, 5) is 13.5. The van der Waals surface area contributed by atoms with Gasteiger partial charge in [-0.05, 0) is 31.9 Å². The van der Waals surface area contributed by atoms with E-state index in [9.17, 15) is 0 Å². The molecule has 0 unspecified atom stereocenters. The molecule has 106 valence electrons. The number of rotatable bonds is 4. The van der Waals surface area contributed by atoms with E-state index in [0.717, 1.165) is 29.3 Å². The number of hydrogen-bond acceptors (Lipinski definition) is 4. The summed E-state index contributed by atoms with van der Waals surface area (Å²) in [5.41, 5.74) is 2.87. The zero-order chi connectivity index (χ0) is 14.7. The first-order valence-corrected chi connectivity index (χ1v) is 7.15. The molecule has 0 radical (unpaired) electrons. The zero-order valence-electron chi connectivity index (χ0n) is 12.2. The van der Waals surface area contributed by atoms with Crippen molar-refractivity contribution in [1.82, 2.24) is 15.0 Å². The third kappa shape index (κ3) is 3.07. The molecule has 2 aromatic heterocycles. The van der Waals surface area contributed by atoms with Crippen LogP contribution >= 0.6 is 11.6 Å². The number of halogens is 1. The van der Waals surface area contributed by atoms with E-state index in [0.29, 0.717) is 16.8 Å². The second kappa shape index (κ2) is 6.18. The maximum Gasteiger partial charge on any atom is 0.180 e. The number of hydrogen-bond donors (Lipinski definition) is 1. The lowest BCUT2D eigenvalue weighted by Gasteiger charge is -2.16.